The van der Waals surface area contributed by atoms with E-state index in [-0.39, 0.29) is 23.3 Å². The molecule has 2 heterocycles. The van der Waals surface area contributed by atoms with Crippen molar-refractivity contribution in [1.29, 1.82) is 0 Å². The molecule has 0 saturated heterocycles. The van der Waals surface area contributed by atoms with Gasteiger partial charge in [-0.15, -0.1) is 22.7 Å². The molecule has 2 unspecified atom stereocenters. The third-order valence-corrected chi connectivity index (χ3v) is 10.3. The number of nitrogens with one attached hydrogen (secondary N) is 2. The van der Waals surface area contributed by atoms with E-state index >= 15 is 0 Å². The molecule has 2 aromatic heterocycles. The number of hydrogen-bond donors (Lipinski definition) is 2. The quantitative estimate of drug-likeness (QED) is 0.245. The molecule has 0 aliphatic heterocycles. The van der Waals surface area contributed by atoms with Crippen LogP contribution in [0.5, 0.6) is 0 Å². The van der Waals surface area contributed by atoms with Crippen molar-refractivity contribution in [1.82, 2.24) is 0 Å². The highest BCUT2D eigenvalue weighted by Crippen LogP contribution is 2.42. The Balaban J connectivity index is 1.44. The van der Waals surface area contributed by atoms with E-state index in [0.717, 1.165) is 59.4 Å². The van der Waals surface area contributed by atoms with Crippen LogP contribution in [0, 0.1) is 11.8 Å². The molecular formula is C34H40N2O6S2. The number of benzene rings is 1. The maximum Gasteiger partial charge on any atom is 0.341 e. The first-order valence-electron chi connectivity index (χ1n) is 15.4. The van der Waals surface area contributed by atoms with Gasteiger partial charge in [0.05, 0.1) is 34.5 Å². The average Bonchev–Trinajstić information content (AvgIpc) is 3.48. The lowest BCUT2D eigenvalue weighted by atomic mass is 9.88. The fourth-order valence-corrected chi connectivity index (χ4v) is 8.66. The first-order chi connectivity index (χ1) is 20.9. The monoisotopic (exact) mass is 636 g/mol. The molecule has 3 aromatic rings. The Hall–Kier alpha value is -3.50. The molecule has 8 nitrogen and oxygen atoms in total. The minimum absolute atomic E-state index is 0.161. The Morgan fingerprint density at radius 2 is 1.09 bits per heavy atom. The lowest BCUT2D eigenvalue weighted by Crippen LogP contribution is -2.22. The SMILES string of the molecule is CC1CCc2c(sc(NC(=O)c3ccccc3C(=O)Nc3sc4c(c3C(=O)OC(C)C)CCC(C)C4)c2C(=O)OC(C)C)C1. The predicted octanol–water partition coefficient (Wildman–Crippen LogP) is 7.69. The van der Waals surface area contributed by atoms with Gasteiger partial charge in [-0.2, -0.15) is 0 Å². The van der Waals surface area contributed by atoms with Crippen LogP contribution in [0.15, 0.2) is 24.3 Å². The number of fused-ring (bicyclic) bond motifs is 2. The fourth-order valence-electron chi connectivity index (χ4n) is 5.88. The van der Waals surface area contributed by atoms with Gasteiger partial charge < -0.3 is 20.1 Å². The van der Waals surface area contributed by atoms with Crippen LogP contribution in [0.4, 0.5) is 10.0 Å². The molecule has 234 valence electrons. The van der Waals surface area contributed by atoms with Crippen molar-refractivity contribution in [3.05, 3.63) is 67.4 Å². The van der Waals surface area contributed by atoms with Gasteiger partial charge in [0.2, 0.25) is 0 Å². The van der Waals surface area contributed by atoms with Gasteiger partial charge in [0.15, 0.2) is 0 Å². The fraction of sp³-hybridized carbons (Fsp3) is 0.471. The standard InChI is InChI=1S/C34H40N2O6S2/c1-17(2)41-33(39)27-23-13-11-19(5)15-25(23)43-31(27)35-29(37)21-9-7-8-10-22(21)30(38)36-32-28(34(40)42-18(3)4)24-14-12-20(6)16-26(24)44-32/h7-10,17-20H,11-16H2,1-6H3,(H,35,37)(H,36,38). The zero-order valence-electron chi connectivity index (χ0n) is 26.1. The van der Waals surface area contributed by atoms with Crippen molar-refractivity contribution in [3.63, 3.8) is 0 Å². The van der Waals surface area contributed by atoms with Crippen LogP contribution < -0.4 is 10.6 Å². The van der Waals surface area contributed by atoms with Crippen molar-refractivity contribution >= 4 is 56.4 Å². The molecule has 0 spiro atoms. The number of esters is 2. The molecule has 1 aromatic carbocycles. The molecule has 2 aliphatic rings. The second kappa shape index (κ2) is 13.2. The first-order valence-corrected chi connectivity index (χ1v) is 17.0. The summed E-state index contributed by atoms with van der Waals surface area (Å²) in [7, 11) is 0. The van der Waals surface area contributed by atoms with Crippen molar-refractivity contribution < 1.29 is 28.7 Å². The Labute approximate surface area is 266 Å². The van der Waals surface area contributed by atoms with Gasteiger partial charge in [-0.05, 0) is 101 Å². The Bertz CT molecular complexity index is 1480. The molecule has 44 heavy (non-hydrogen) atoms. The maximum absolute atomic E-state index is 13.7. The van der Waals surface area contributed by atoms with Gasteiger partial charge in [-0.25, -0.2) is 9.59 Å². The van der Waals surface area contributed by atoms with Gasteiger partial charge in [0, 0.05) is 9.75 Å². The van der Waals surface area contributed by atoms with Crippen molar-refractivity contribution in [3.8, 4) is 0 Å². The van der Waals surface area contributed by atoms with Crippen molar-refractivity contribution in [2.45, 2.75) is 92.3 Å². The van der Waals surface area contributed by atoms with E-state index in [9.17, 15) is 19.2 Å². The second-order valence-corrected chi connectivity index (χ2v) is 14.7. The van der Waals surface area contributed by atoms with E-state index < -0.39 is 23.8 Å². The highest BCUT2D eigenvalue weighted by Gasteiger charge is 2.32. The van der Waals surface area contributed by atoms with Gasteiger partial charge in [-0.1, -0.05) is 26.0 Å². The summed E-state index contributed by atoms with van der Waals surface area (Å²) < 4.78 is 11.1. The average molecular weight is 637 g/mol. The van der Waals surface area contributed by atoms with Crippen LogP contribution in [-0.2, 0) is 35.2 Å². The van der Waals surface area contributed by atoms with Gasteiger partial charge in [0.25, 0.3) is 11.8 Å². The molecule has 5 rings (SSSR count). The Morgan fingerprint density at radius 1 is 0.705 bits per heavy atom. The van der Waals surface area contributed by atoms with Crippen molar-refractivity contribution in [2.24, 2.45) is 11.8 Å². The number of carbonyl (C=O) groups is 4. The van der Waals surface area contributed by atoms with E-state index in [2.05, 4.69) is 24.5 Å². The number of rotatable bonds is 8. The summed E-state index contributed by atoms with van der Waals surface area (Å²) in [6, 6.07) is 6.55. The molecular weight excluding hydrogens is 597 g/mol. The normalized spacial score (nSPS) is 17.5. The number of carbonyl (C=O) groups excluding carboxylic acids is 4. The number of amides is 2. The topological polar surface area (TPSA) is 111 Å². The summed E-state index contributed by atoms with van der Waals surface area (Å²) in [5, 5.41) is 6.75. The molecule has 0 fully saturated rings. The highest BCUT2D eigenvalue weighted by molar-refractivity contribution is 7.17. The molecule has 0 saturated carbocycles. The van der Waals surface area contributed by atoms with E-state index in [1.807, 2.05) is 0 Å². The molecule has 2 atom stereocenters. The van der Waals surface area contributed by atoms with Crippen LogP contribution in [-0.4, -0.2) is 36.0 Å². The first kappa shape index (κ1) is 31.9. The second-order valence-electron chi connectivity index (χ2n) is 12.5. The summed E-state index contributed by atoms with van der Waals surface area (Å²) in [5.41, 5.74) is 3.03. The minimum atomic E-state index is -0.500. The Kier molecular flexibility index (Phi) is 9.60. The predicted molar refractivity (Wildman–Crippen MR) is 174 cm³/mol. The van der Waals surface area contributed by atoms with Crippen LogP contribution in [0.25, 0.3) is 0 Å². The third-order valence-electron chi connectivity index (χ3n) is 7.99. The molecule has 0 radical (unpaired) electrons. The number of thiophene rings is 2. The van der Waals surface area contributed by atoms with E-state index in [0.29, 0.717) is 33.0 Å². The highest BCUT2D eigenvalue weighted by atomic mass is 32.1. The summed E-state index contributed by atoms with van der Waals surface area (Å²) in [4.78, 5) is 56.0. The summed E-state index contributed by atoms with van der Waals surface area (Å²) in [6.45, 7) is 11.5. The van der Waals surface area contributed by atoms with E-state index in [1.54, 1.807) is 52.0 Å². The van der Waals surface area contributed by atoms with Gasteiger partial charge in [0.1, 0.15) is 10.0 Å². The van der Waals surface area contributed by atoms with Crippen LogP contribution in [0.3, 0.4) is 0 Å². The molecule has 0 bridgehead atoms. The summed E-state index contributed by atoms with van der Waals surface area (Å²) >= 11 is 2.81. The lowest BCUT2D eigenvalue weighted by Gasteiger charge is -2.19. The molecule has 2 aliphatic carbocycles. The van der Waals surface area contributed by atoms with Crippen LogP contribution in [0.2, 0.25) is 0 Å². The Morgan fingerprint density at radius 3 is 1.45 bits per heavy atom. The van der Waals surface area contributed by atoms with Crippen LogP contribution >= 0.6 is 22.7 Å². The maximum atomic E-state index is 13.7. The number of anilines is 2. The van der Waals surface area contributed by atoms with E-state index in [1.165, 1.54) is 22.7 Å². The zero-order valence-corrected chi connectivity index (χ0v) is 27.8. The third kappa shape index (κ3) is 6.76. The minimum Gasteiger partial charge on any atom is -0.459 e. The zero-order chi connectivity index (χ0) is 31.7. The van der Waals surface area contributed by atoms with Crippen LogP contribution in [0.1, 0.15) is 117 Å². The van der Waals surface area contributed by atoms with Gasteiger partial charge in [-0.3, -0.25) is 9.59 Å². The van der Waals surface area contributed by atoms with Gasteiger partial charge >= 0.3 is 11.9 Å². The molecule has 2 amide bonds. The molecule has 2 N–H and O–H groups in total. The summed E-state index contributed by atoms with van der Waals surface area (Å²) in [5.74, 6) is -0.941. The van der Waals surface area contributed by atoms with E-state index in [4.69, 9.17) is 9.47 Å². The lowest BCUT2D eigenvalue weighted by molar-refractivity contribution is 0.0367. The smallest absolute Gasteiger partial charge is 0.341 e. The number of ether oxygens (including phenoxy) is 2. The number of hydrogen-bond acceptors (Lipinski definition) is 8. The largest absolute Gasteiger partial charge is 0.459 e. The summed E-state index contributed by atoms with van der Waals surface area (Å²) in [6.07, 6.45) is 4.47. The molecule has 10 heteroatoms. The van der Waals surface area contributed by atoms with Crippen molar-refractivity contribution in [2.75, 3.05) is 10.6 Å².